The first-order valence-corrected chi connectivity index (χ1v) is 7.88. The van der Waals surface area contributed by atoms with Gasteiger partial charge in [-0.1, -0.05) is 17.7 Å². The lowest BCUT2D eigenvalue weighted by Gasteiger charge is -2.45. The summed E-state index contributed by atoms with van der Waals surface area (Å²) in [6, 6.07) is 7.58. The maximum Gasteiger partial charge on any atom is 0.0571 e. The maximum atomic E-state index is 2.72. The van der Waals surface area contributed by atoms with Gasteiger partial charge in [0.25, 0.3) is 0 Å². The van der Waals surface area contributed by atoms with Gasteiger partial charge in [-0.2, -0.15) is 0 Å². The summed E-state index contributed by atoms with van der Waals surface area (Å²) in [5.74, 6) is 0.737. The van der Waals surface area contributed by atoms with Gasteiger partial charge >= 0.3 is 0 Å². The van der Waals surface area contributed by atoms with Crippen molar-refractivity contribution < 1.29 is 0 Å². The molecule has 0 bridgehead atoms. The molecule has 102 valence electrons. The molecule has 1 saturated heterocycles. The normalized spacial score (nSPS) is 27.9. The van der Waals surface area contributed by atoms with Crippen LogP contribution in [0.3, 0.4) is 0 Å². The van der Waals surface area contributed by atoms with Crippen LogP contribution in [0.2, 0.25) is 0 Å². The summed E-state index contributed by atoms with van der Waals surface area (Å²) in [4.78, 5) is 2.72. The number of aromatic nitrogens is 1. The van der Waals surface area contributed by atoms with Crippen LogP contribution in [-0.4, -0.2) is 22.6 Å². The third-order valence-corrected chi connectivity index (χ3v) is 5.50. The lowest BCUT2D eigenvalue weighted by molar-refractivity contribution is 0.0982. The van der Waals surface area contributed by atoms with Gasteiger partial charge in [0.15, 0.2) is 0 Å². The Hall–Kier alpha value is -1.54. The molecule has 0 spiro atoms. The Morgan fingerprint density at radius 3 is 3.10 bits per heavy atom. The molecule has 0 N–H and O–H groups in total. The molecule has 0 unspecified atom stereocenters. The third-order valence-electron chi connectivity index (χ3n) is 5.50. The largest absolute Gasteiger partial charge is 0.319 e. The summed E-state index contributed by atoms with van der Waals surface area (Å²) in [7, 11) is 0. The fourth-order valence-electron chi connectivity index (χ4n) is 4.64. The van der Waals surface area contributed by atoms with E-state index in [-0.39, 0.29) is 0 Å². The number of aryl methyl sites for hydroxylation is 1. The number of hydrogen-bond acceptors (Lipinski definition) is 1. The van der Waals surface area contributed by atoms with Crippen LogP contribution in [0, 0.1) is 12.8 Å². The zero-order valence-corrected chi connectivity index (χ0v) is 12.0. The zero-order chi connectivity index (χ0) is 13.3. The summed E-state index contributed by atoms with van der Waals surface area (Å²) in [6.45, 7) is 4.74. The first-order chi connectivity index (χ1) is 9.83. The zero-order valence-electron chi connectivity index (χ0n) is 12.0. The highest BCUT2D eigenvalue weighted by Gasteiger charge is 2.40. The number of benzene rings is 1. The highest BCUT2D eigenvalue weighted by molar-refractivity contribution is 5.89. The molecule has 3 aliphatic heterocycles. The molecule has 2 nitrogen and oxygen atoms in total. The Balaban J connectivity index is 1.86. The van der Waals surface area contributed by atoms with Crippen molar-refractivity contribution in [1.82, 2.24) is 9.47 Å². The minimum absolute atomic E-state index is 0.644. The molecule has 0 radical (unpaired) electrons. The number of rotatable bonds is 0. The molecule has 1 aromatic heterocycles. The summed E-state index contributed by atoms with van der Waals surface area (Å²) in [5, 5.41) is 1.50. The fourth-order valence-corrected chi connectivity index (χ4v) is 4.64. The van der Waals surface area contributed by atoms with Crippen LogP contribution >= 0.6 is 0 Å². The van der Waals surface area contributed by atoms with E-state index < -0.39 is 0 Å². The topological polar surface area (TPSA) is 8.17 Å². The Morgan fingerprint density at radius 1 is 1.20 bits per heavy atom. The minimum atomic E-state index is 0.644. The standard InChI is InChI=1S/C18H20N2/c1-12-4-5-16-15(11-12)14-7-9-19-8-2-3-13-6-10-20(16)18(14)17(13)19/h4-6,10-11,13,17H,2-3,7-9H2,1H3/t13-,17-/m1/s1. The van der Waals surface area contributed by atoms with E-state index in [1.807, 2.05) is 0 Å². The summed E-state index contributed by atoms with van der Waals surface area (Å²) in [6.07, 6.45) is 8.74. The molecule has 0 aliphatic carbocycles. The molecule has 0 amide bonds. The Morgan fingerprint density at radius 2 is 2.15 bits per heavy atom. The number of nitrogens with zero attached hydrogens (tertiary/aromatic N) is 2. The number of fused-ring (bicyclic) bond motifs is 3. The monoisotopic (exact) mass is 264 g/mol. The SMILES string of the molecule is Cc1ccc2c(c1)c1c3n2C=C[C@H]2CCCN(CC1)[C@@H]32. The van der Waals surface area contributed by atoms with E-state index in [9.17, 15) is 0 Å². The van der Waals surface area contributed by atoms with Gasteiger partial charge in [-0.25, -0.2) is 0 Å². The fraction of sp³-hybridized carbons (Fsp3) is 0.444. The van der Waals surface area contributed by atoms with E-state index in [2.05, 4.69) is 46.9 Å². The first kappa shape index (κ1) is 11.2. The summed E-state index contributed by atoms with van der Waals surface area (Å²) < 4.78 is 2.47. The molecule has 3 aliphatic rings. The number of hydrogen-bond donors (Lipinski definition) is 0. The van der Waals surface area contributed by atoms with E-state index in [0.717, 1.165) is 5.92 Å². The average molecular weight is 264 g/mol. The first-order valence-electron chi connectivity index (χ1n) is 7.88. The van der Waals surface area contributed by atoms with Crippen molar-refractivity contribution in [2.75, 3.05) is 13.1 Å². The number of piperidine rings is 1. The second kappa shape index (κ2) is 3.76. The van der Waals surface area contributed by atoms with Crippen LogP contribution in [0.5, 0.6) is 0 Å². The van der Waals surface area contributed by atoms with Gasteiger partial charge in [-0.15, -0.1) is 0 Å². The van der Waals surface area contributed by atoms with Crippen molar-refractivity contribution >= 4 is 17.1 Å². The molecule has 1 fully saturated rings. The molecule has 2 aromatic rings. The maximum absolute atomic E-state index is 2.72. The second-order valence-electron chi connectivity index (χ2n) is 6.63. The van der Waals surface area contributed by atoms with E-state index >= 15 is 0 Å². The highest BCUT2D eigenvalue weighted by Crippen LogP contribution is 2.47. The molecule has 0 saturated carbocycles. The Kier molecular flexibility index (Phi) is 2.10. The van der Waals surface area contributed by atoms with Crippen LogP contribution in [0.1, 0.15) is 35.7 Å². The molecule has 4 heterocycles. The predicted molar refractivity (Wildman–Crippen MR) is 82.7 cm³/mol. The van der Waals surface area contributed by atoms with Crippen LogP contribution in [0.25, 0.3) is 17.1 Å². The molecule has 2 atom stereocenters. The summed E-state index contributed by atoms with van der Waals surface area (Å²) in [5.41, 5.74) is 6.01. The molecular weight excluding hydrogens is 244 g/mol. The molecule has 2 heteroatoms. The van der Waals surface area contributed by atoms with Gasteiger partial charge in [-0.3, -0.25) is 4.90 Å². The minimum Gasteiger partial charge on any atom is -0.319 e. The Bertz CT molecular complexity index is 737. The molecular formula is C18H20N2. The van der Waals surface area contributed by atoms with Crippen molar-refractivity contribution in [3.63, 3.8) is 0 Å². The van der Waals surface area contributed by atoms with Crippen LogP contribution in [0.4, 0.5) is 0 Å². The van der Waals surface area contributed by atoms with Gasteiger partial charge < -0.3 is 4.57 Å². The Labute approximate surface area is 119 Å². The molecule has 20 heavy (non-hydrogen) atoms. The van der Waals surface area contributed by atoms with Crippen LogP contribution in [0.15, 0.2) is 24.3 Å². The lowest BCUT2D eigenvalue weighted by Crippen LogP contribution is -2.44. The van der Waals surface area contributed by atoms with Crippen molar-refractivity contribution in [3.8, 4) is 0 Å². The molecule has 1 aromatic carbocycles. The predicted octanol–water partition coefficient (Wildman–Crippen LogP) is 3.74. The third kappa shape index (κ3) is 1.28. The van der Waals surface area contributed by atoms with Gasteiger partial charge in [0.05, 0.1) is 11.6 Å². The van der Waals surface area contributed by atoms with Crippen molar-refractivity contribution in [2.24, 2.45) is 5.92 Å². The van der Waals surface area contributed by atoms with Crippen LogP contribution in [-0.2, 0) is 6.42 Å². The van der Waals surface area contributed by atoms with Gasteiger partial charge in [-0.05, 0) is 56.3 Å². The van der Waals surface area contributed by atoms with Gasteiger partial charge in [0.2, 0.25) is 0 Å². The van der Waals surface area contributed by atoms with E-state index in [1.165, 1.54) is 48.8 Å². The van der Waals surface area contributed by atoms with E-state index in [1.54, 1.807) is 11.3 Å². The highest BCUT2D eigenvalue weighted by atomic mass is 15.2. The van der Waals surface area contributed by atoms with Crippen LogP contribution < -0.4 is 0 Å². The quantitative estimate of drug-likeness (QED) is 0.703. The second-order valence-corrected chi connectivity index (χ2v) is 6.63. The smallest absolute Gasteiger partial charge is 0.0571 e. The van der Waals surface area contributed by atoms with Crippen molar-refractivity contribution in [1.29, 1.82) is 0 Å². The van der Waals surface area contributed by atoms with E-state index in [0.29, 0.717) is 6.04 Å². The molecule has 5 rings (SSSR count). The average Bonchev–Trinajstić information content (AvgIpc) is 2.80. The summed E-state index contributed by atoms with van der Waals surface area (Å²) >= 11 is 0. The lowest BCUT2D eigenvalue weighted by atomic mass is 9.81. The van der Waals surface area contributed by atoms with Crippen molar-refractivity contribution in [2.45, 2.75) is 32.2 Å². The van der Waals surface area contributed by atoms with E-state index in [4.69, 9.17) is 0 Å². The van der Waals surface area contributed by atoms with Crippen molar-refractivity contribution in [3.05, 3.63) is 41.1 Å². The van der Waals surface area contributed by atoms with Gasteiger partial charge in [0.1, 0.15) is 0 Å². The van der Waals surface area contributed by atoms with Gasteiger partial charge in [0, 0.05) is 23.8 Å².